The molecular weight excluding hydrogens is 1200 g/mol. The van der Waals surface area contributed by atoms with Gasteiger partial charge >= 0.3 is 0 Å². The molecule has 2 aromatic carbocycles. The van der Waals surface area contributed by atoms with Gasteiger partial charge in [-0.15, -0.1) is 0 Å². The van der Waals surface area contributed by atoms with Crippen molar-refractivity contribution in [1.29, 1.82) is 0 Å². The summed E-state index contributed by atoms with van der Waals surface area (Å²) in [5, 5.41) is 73.3. The highest BCUT2D eigenvalue weighted by atomic mass is 16.5. The number of hydrogen-bond acceptors (Lipinski definition) is 21. The first-order chi connectivity index (χ1) is 47.6. The van der Waals surface area contributed by atoms with Crippen LogP contribution in [-0.4, -0.2) is 256 Å². The largest absolute Gasteiger partial charge is 0.489 e. The molecule has 21 heteroatoms. The number of fused-ring (bicyclic) bond motifs is 5. The van der Waals surface area contributed by atoms with Crippen LogP contribution in [0.1, 0.15) is 146 Å². The Balaban J connectivity index is 0.000000166. The van der Waals surface area contributed by atoms with Gasteiger partial charge in [-0.1, -0.05) is 107 Å². The highest BCUT2D eigenvalue weighted by molar-refractivity contribution is 5.28. The molecule has 5 aliphatic carbocycles. The minimum atomic E-state index is 0.408. The highest BCUT2D eigenvalue weighted by Crippen LogP contribution is 2.23. The maximum atomic E-state index is 5.91. The lowest BCUT2D eigenvalue weighted by Gasteiger charge is -2.35. The zero-order valence-electron chi connectivity index (χ0n) is 60.4. The molecular formula is C75H144N20O. The Bertz CT molecular complexity index is 2070. The molecule has 0 aromatic heterocycles. The molecule has 0 bridgehead atoms. The van der Waals surface area contributed by atoms with Crippen molar-refractivity contribution in [3.05, 3.63) is 65.7 Å². The second-order valence-corrected chi connectivity index (χ2v) is 29.1. The van der Waals surface area contributed by atoms with Crippen LogP contribution in [0.4, 0.5) is 0 Å². The first kappa shape index (κ1) is 79.1. The van der Waals surface area contributed by atoms with Gasteiger partial charge in [0.15, 0.2) is 0 Å². The van der Waals surface area contributed by atoms with Gasteiger partial charge < -0.3 is 111 Å². The molecule has 4 heterocycles. The SMILES string of the molecule is C1CCC2NCCNC3CCCCC3NCCNCCNC2C1.C1CC[C@H]2NCCNCCNCCNCCN[C@@H]2C1.C[C@@H]1CNC2CCCCC2NCCNC2CCCCC2NCCN1.c1ccc(COc2ccc(C[C@H]3CNCCNCCNCCNCCN3)cc2)cc1. The van der Waals surface area contributed by atoms with Gasteiger partial charge in [0.2, 0.25) is 0 Å². The summed E-state index contributed by atoms with van der Waals surface area (Å²) >= 11 is 0. The normalized spacial score (nSPS) is 32.2. The third-order valence-corrected chi connectivity index (χ3v) is 21.4. The molecule has 0 radical (unpaired) electrons. The van der Waals surface area contributed by atoms with Crippen LogP contribution in [0.2, 0.25) is 0 Å². The average Bonchev–Trinajstić information content (AvgIpc) is 3.93. The Morgan fingerprint density at radius 1 is 0.260 bits per heavy atom. The average molecular weight is 1340 g/mol. The number of nitrogens with one attached hydrogen (secondary N) is 20. The van der Waals surface area contributed by atoms with Gasteiger partial charge in [-0.25, -0.2) is 0 Å². The molecule has 0 amide bonds. The molecule has 96 heavy (non-hydrogen) atoms. The number of ether oxygens (including phenoxy) is 1. The van der Waals surface area contributed by atoms with Crippen molar-refractivity contribution in [2.75, 3.05) is 183 Å². The van der Waals surface area contributed by atoms with E-state index < -0.39 is 0 Å². The smallest absolute Gasteiger partial charge is 0.119 e. The number of benzene rings is 2. The van der Waals surface area contributed by atoms with E-state index in [1.807, 2.05) is 18.2 Å². The van der Waals surface area contributed by atoms with Gasteiger partial charge in [-0.05, 0) is 101 Å². The Hall–Kier alpha value is -2.56. The molecule has 12 atom stereocenters. The van der Waals surface area contributed by atoms with Gasteiger partial charge in [-0.3, -0.25) is 0 Å². The maximum Gasteiger partial charge on any atom is 0.119 e. The summed E-state index contributed by atoms with van der Waals surface area (Å²) in [6.45, 7) is 32.4. The zero-order chi connectivity index (χ0) is 66.2. The first-order valence-corrected chi connectivity index (χ1v) is 39.8. The van der Waals surface area contributed by atoms with Crippen LogP contribution in [0.3, 0.4) is 0 Å². The van der Waals surface area contributed by atoms with E-state index in [0.717, 1.165) is 195 Å². The van der Waals surface area contributed by atoms with E-state index in [4.69, 9.17) is 4.74 Å². The first-order valence-electron chi connectivity index (χ1n) is 39.8. The van der Waals surface area contributed by atoms with Gasteiger partial charge in [0, 0.05) is 256 Å². The van der Waals surface area contributed by atoms with E-state index in [0.29, 0.717) is 79.1 Å². The van der Waals surface area contributed by atoms with E-state index in [2.05, 4.69) is 150 Å². The molecule has 21 nitrogen and oxygen atoms in total. The summed E-state index contributed by atoms with van der Waals surface area (Å²) in [5.74, 6) is 0.916. The molecule has 20 N–H and O–H groups in total. The van der Waals surface area contributed by atoms with Crippen LogP contribution in [0.25, 0.3) is 0 Å². The van der Waals surface area contributed by atoms with Crippen molar-refractivity contribution in [3.63, 3.8) is 0 Å². The lowest BCUT2D eigenvalue weighted by atomic mass is 9.89. The van der Waals surface area contributed by atoms with Crippen LogP contribution in [0, 0.1) is 0 Å². The molecule has 4 saturated heterocycles. The van der Waals surface area contributed by atoms with Crippen molar-refractivity contribution in [2.24, 2.45) is 0 Å². The fraction of sp³-hybridized carbons (Fsp3) is 0.840. The molecule has 4 aliphatic heterocycles. The van der Waals surface area contributed by atoms with E-state index in [1.165, 1.54) is 140 Å². The predicted octanol–water partition coefficient (Wildman–Crippen LogP) is 1.93. The zero-order valence-corrected chi connectivity index (χ0v) is 60.4. The van der Waals surface area contributed by atoms with Crippen LogP contribution in [0.5, 0.6) is 5.75 Å². The molecule has 8 unspecified atom stereocenters. The lowest BCUT2D eigenvalue weighted by Crippen LogP contribution is -2.54. The quantitative estimate of drug-likeness (QED) is 0.204. The monoisotopic (exact) mass is 1340 g/mol. The van der Waals surface area contributed by atoms with Crippen LogP contribution in [-0.2, 0) is 13.0 Å². The Kier molecular flexibility index (Phi) is 42.5. The van der Waals surface area contributed by atoms with Gasteiger partial charge in [0.1, 0.15) is 12.4 Å². The standard InChI is InChI=1S/C24H37N5O.C19H39N5.C18H37N5.C14H31N5/c1-2-4-22(5-3-1)20-30-24-8-6-21(7-9-24)18-23-19-28-15-14-26-11-10-25-12-13-27-16-17-29-23;1-15-14-24-19-9-5-4-8-18(19)23-13-12-22-17-7-3-2-6-16(17)21-11-10-20-15;1-3-7-17-15(5-1)20-11-9-19-10-12-21-16-6-2-4-8-18(16)23-14-13-22-17;1-2-4-14-13(3-1)18-11-9-16-7-5-15-6-8-17-10-12-19-14/h1-9,23,25-29H,10-20H2;15-24H,2-14H2,1H3;15-23H,1-14H2;13-19H,1-12H2/t23-;15-,16?,17?,18?,19?;;13-,14-/m01.1/s1. The maximum absolute atomic E-state index is 5.91. The fourth-order valence-electron chi connectivity index (χ4n) is 15.9. The van der Waals surface area contributed by atoms with E-state index in [-0.39, 0.29) is 0 Å². The van der Waals surface area contributed by atoms with E-state index >= 15 is 0 Å². The fourth-order valence-corrected chi connectivity index (χ4v) is 15.9. The summed E-state index contributed by atoms with van der Waals surface area (Å²) < 4.78 is 5.91. The minimum Gasteiger partial charge on any atom is -0.489 e. The summed E-state index contributed by atoms with van der Waals surface area (Å²) in [5.41, 5.74) is 2.51. The van der Waals surface area contributed by atoms with Crippen molar-refractivity contribution in [2.45, 2.75) is 221 Å². The summed E-state index contributed by atoms with van der Waals surface area (Å²) in [4.78, 5) is 0. The summed E-state index contributed by atoms with van der Waals surface area (Å²) in [7, 11) is 0. The molecule has 5 saturated carbocycles. The Morgan fingerprint density at radius 3 is 0.865 bits per heavy atom. The molecule has 2 aromatic rings. The Labute approximate surface area is 584 Å². The molecule has 9 aliphatic rings. The summed E-state index contributed by atoms with van der Waals surface area (Å²) in [6, 6.07) is 26.3. The molecule has 9 fully saturated rings. The van der Waals surface area contributed by atoms with E-state index in [9.17, 15) is 0 Å². The Morgan fingerprint density at radius 2 is 0.531 bits per heavy atom. The van der Waals surface area contributed by atoms with Crippen LogP contribution in [0.15, 0.2) is 54.6 Å². The van der Waals surface area contributed by atoms with Crippen LogP contribution < -0.4 is 111 Å². The van der Waals surface area contributed by atoms with Crippen molar-refractivity contribution in [1.82, 2.24) is 106 Å². The minimum absolute atomic E-state index is 0.408. The topological polar surface area (TPSA) is 250 Å². The lowest BCUT2D eigenvalue weighted by molar-refractivity contribution is 0.269. The highest BCUT2D eigenvalue weighted by Gasteiger charge is 2.29. The predicted molar refractivity (Wildman–Crippen MR) is 403 cm³/mol. The summed E-state index contributed by atoms with van der Waals surface area (Å²) in [6.07, 6.45) is 28.1. The van der Waals surface area contributed by atoms with Gasteiger partial charge in [-0.2, -0.15) is 0 Å². The van der Waals surface area contributed by atoms with Gasteiger partial charge in [0.05, 0.1) is 0 Å². The van der Waals surface area contributed by atoms with E-state index in [1.54, 1.807) is 0 Å². The number of hydrogen-bond donors (Lipinski definition) is 20. The van der Waals surface area contributed by atoms with Crippen molar-refractivity contribution in [3.8, 4) is 5.75 Å². The second kappa shape index (κ2) is 51.6. The second-order valence-electron chi connectivity index (χ2n) is 29.1. The molecule has 11 rings (SSSR count). The van der Waals surface area contributed by atoms with Gasteiger partial charge in [0.25, 0.3) is 0 Å². The molecule has 0 spiro atoms. The van der Waals surface area contributed by atoms with Crippen molar-refractivity contribution >= 4 is 0 Å². The van der Waals surface area contributed by atoms with Crippen LogP contribution >= 0.6 is 0 Å². The third kappa shape index (κ3) is 33.9. The molecule has 550 valence electrons. The van der Waals surface area contributed by atoms with Crippen molar-refractivity contribution < 1.29 is 4.74 Å². The number of rotatable bonds is 5. The third-order valence-electron chi connectivity index (χ3n) is 21.4.